The molecule has 0 amide bonds. The molecule has 0 fully saturated rings. The SMILES string of the molecule is CCCc1c(C)nn(C(=O)O)c1C.Cl. The first-order valence-corrected chi connectivity index (χ1v) is 4.36. The minimum Gasteiger partial charge on any atom is -0.463 e. The quantitative estimate of drug-likeness (QED) is 0.830. The highest BCUT2D eigenvalue weighted by Gasteiger charge is 2.14. The Morgan fingerprint density at radius 3 is 2.43 bits per heavy atom. The second kappa shape index (κ2) is 5.00. The van der Waals surface area contributed by atoms with Crippen LogP contribution in [0.3, 0.4) is 0 Å². The first-order chi connectivity index (χ1) is 6.07. The lowest BCUT2D eigenvalue weighted by molar-refractivity contribution is 0.192. The molecule has 1 aromatic rings. The second-order valence-corrected chi connectivity index (χ2v) is 3.09. The molecule has 1 heterocycles. The maximum atomic E-state index is 10.7. The topological polar surface area (TPSA) is 55.1 Å². The molecule has 1 N–H and O–H groups in total. The number of halogens is 1. The molecular formula is C9H15ClN2O2. The van der Waals surface area contributed by atoms with Crippen LogP contribution in [0.1, 0.15) is 30.3 Å². The van der Waals surface area contributed by atoms with Gasteiger partial charge in [-0.3, -0.25) is 0 Å². The predicted octanol–water partition coefficient (Wildman–Crippen LogP) is 2.40. The highest BCUT2D eigenvalue weighted by molar-refractivity contribution is 5.85. The fraction of sp³-hybridized carbons (Fsp3) is 0.556. The zero-order valence-corrected chi connectivity index (χ0v) is 9.39. The van der Waals surface area contributed by atoms with E-state index in [0.717, 1.165) is 34.5 Å². The summed E-state index contributed by atoms with van der Waals surface area (Å²) < 4.78 is 1.04. The third kappa shape index (κ3) is 2.26. The van der Waals surface area contributed by atoms with E-state index in [1.807, 2.05) is 6.92 Å². The van der Waals surface area contributed by atoms with Gasteiger partial charge in [0.2, 0.25) is 0 Å². The molecule has 0 aliphatic carbocycles. The van der Waals surface area contributed by atoms with E-state index in [9.17, 15) is 4.79 Å². The Labute approximate surface area is 89.3 Å². The van der Waals surface area contributed by atoms with Crippen LogP contribution in [-0.4, -0.2) is 21.0 Å². The molecule has 4 nitrogen and oxygen atoms in total. The number of carboxylic acid groups (broad SMARTS) is 1. The van der Waals surface area contributed by atoms with Crippen molar-refractivity contribution in [1.82, 2.24) is 9.78 Å². The van der Waals surface area contributed by atoms with Gasteiger partial charge in [0, 0.05) is 0 Å². The molecule has 1 rings (SSSR count). The number of nitrogens with zero attached hydrogens (tertiary/aromatic N) is 2. The fourth-order valence-corrected chi connectivity index (χ4v) is 1.47. The number of hydrogen-bond donors (Lipinski definition) is 1. The first-order valence-electron chi connectivity index (χ1n) is 4.36. The fourth-order valence-electron chi connectivity index (χ4n) is 1.47. The van der Waals surface area contributed by atoms with E-state index in [-0.39, 0.29) is 12.4 Å². The molecule has 0 spiro atoms. The Morgan fingerprint density at radius 2 is 2.07 bits per heavy atom. The van der Waals surface area contributed by atoms with Crippen molar-refractivity contribution in [3.8, 4) is 0 Å². The average Bonchev–Trinajstić information content (AvgIpc) is 2.32. The van der Waals surface area contributed by atoms with Crippen molar-refractivity contribution >= 4 is 18.5 Å². The van der Waals surface area contributed by atoms with Gasteiger partial charge in [-0.05, 0) is 25.8 Å². The molecule has 1 aromatic heterocycles. The largest absolute Gasteiger partial charge is 0.463 e. The minimum atomic E-state index is -1.01. The summed E-state index contributed by atoms with van der Waals surface area (Å²) in [4.78, 5) is 10.7. The molecule has 0 aromatic carbocycles. The highest BCUT2D eigenvalue weighted by atomic mass is 35.5. The number of hydrogen-bond acceptors (Lipinski definition) is 2. The lowest BCUT2D eigenvalue weighted by atomic mass is 10.1. The number of aromatic nitrogens is 2. The van der Waals surface area contributed by atoms with Crippen molar-refractivity contribution in [3.05, 3.63) is 17.0 Å². The monoisotopic (exact) mass is 218 g/mol. The van der Waals surface area contributed by atoms with E-state index in [1.165, 1.54) is 0 Å². The Balaban J connectivity index is 0.00000169. The van der Waals surface area contributed by atoms with Gasteiger partial charge in [-0.25, -0.2) is 4.79 Å². The summed E-state index contributed by atoms with van der Waals surface area (Å²) in [5.41, 5.74) is 2.62. The van der Waals surface area contributed by atoms with E-state index in [4.69, 9.17) is 5.11 Å². The average molecular weight is 219 g/mol. The van der Waals surface area contributed by atoms with Crippen molar-refractivity contribution < 1.29 is 9.90 Å². The Morgan fingerprint density at radius 1 is 1.50 bits per heavy atom. The third-order valence-electron chi connectivity index (χ3n) is 2.12. The van der Waals surface area contributed by atoms with Crippen molar-refractivity contribution in [2.45, 2.75) is 33.6 Å². The number of carbonyl (C=O) groups is 1. The molecule has 0 saturated heterocycles. The minimum absolute atomic E-state index is 0. The zero-order chi connectivity index (χ0) is 10.0. The van der Waals surface area contributed by atoms with Crippen LogP contribution in [0.2, 0.25) is 0 Å². The molecule has 0 bridgehead atoms. The van der Waals surface area contributed by atoms with Crippen molar-refractivity contribution in [1.29, 1.82) is 0 Å². The molecule has 0 aliphatic heterocycles. The Bertz CT molecular complexity index is 334. The summed E-state index contributed by atoms with van der Waals surface area (Å²) in [7, 11) is 0. The summed E-state index contributed by atoms with van der Waals surface area (Å²) in [6.07, 6.45) is 0.890. The van der Waals surface area contributed by atoms with Gasteiger partial charge < -0.3 is 5.11 Å². The standard InChI is InChI=1S/C9H14N2O2.ClH/c1-4-5-8-6(2)10-11(7(8)3)9(12)13;/h4-5H2,1-3H3,(H,12,13);1H. The van der Waals surface area contributed by atoms with Crippen molar-refractivity contribution in [3.63, 3.8) is 0 Å². The number of aryl methyl sites for hydroxylation is 1. The van der Waals surface area contributed by atoms with Gasteiger partial charge >= 0.3 is 6.09 Å². The van der Waals surface area contributed by atoms with Crippen LogP contribution in [0.15, 0.2) is 0 Å². The maximum absolute atomic E-state index is 10.7. The van der Waals surface area contributed by atoms with E-state index >= 15 is 0 Å². The number of rotatable bonds is 2. The van der Waals surface area contributed by atoms with Crippen LogP contribution in [0.5, 0.6) is 0 Å². The lowest BCUT2D eigenvalue weighted by Crippen LogP contribution is -2.11. The van der Waals surface area contributed by atoms with Gasteiger partial charge in [0.25, 0.3) is 0 Å². The normalized spacial score (nSPS) is 9.64. The molecule has 0 atom stereocenters. The van der Waals surface area contributed by atoms with Gasteiger partial charge in [0.05, 0.1) is 11.4 Å². The second-order valence-electron chi connectivity index (χ2n) is 3.09. The molecule has 0 aliphatic rings. The summed E-state index contributed by atoms with van der Waals surface area (Å²) in [5, 5.41) is 12.7. The summed E-state index contributed by atoms with van der Waals surface area (Å²) in [5.74, 6) is 0. The van der Waals surface area contributed by atoms with Gasteiger partial charge in [0.15, 0.2) is 0 Å². The van der Waals surface area contributed by atoms with Gasteiger partial charge in [0.1, 0.15) is 0 Å². The molecular weight excluding hydrogens is 204 g/mol. The smallest absolute Gasteiger partial charge is 0.432 e. The van der Waals surface area contributed by atoms with E-state index in [0.29, 0.717) is 0 Å². The van der Waals surface area contributed by atoms with Crippen LogP contribution < -0.4 is 0 Å². The van der Waals surface area contributed by atoms with Crippen LogP contribution >= 0.6 is 12.4 Å². The van der Waals surface area contributed by atoms with E-state index in [1.54, 1.807) is 6.92 Å². The van der Waals surface area contributed by atoms with Gasteiger partial charge in [-0.15, -0.1) is 12.4 Å². The zero-order valence-electron chi connectivity index (χ0n) is 8.57. The maximum Gasteiger partial charge on any atom is 0.432 e. The predicted molar refractivity (Wildman–Crippen MR) is 56.4 cm³/mol. The highest BCUT2D eigenvalue weighted by Crippen LogP contribution is 2.14. The summed E-state index contributed by atoms with van der Waals surface area (Å²) in [6.45, 7) is 5.70. The van der Waals surface area contributed by atoms with E-state index < -0.39 is 6.09 Å². The molecule has 0 saturated carbocycles. The summed E-state index contributed by atoms with van der Waals surface area (Å²) in [6, 6.07) is 0. The van der Waals surface area contributed by atoms with Crippen molar-refractivity contribution in [2.75, 3.05) is 0 Å². The Hall–Kier alpha value is -1.03. The third-order valence-corrected chi connectivity index (χ3v) is 2.12. The van der Waals surface area contributed by atoms with Gasteiger partial charge in [-0.2, -0.15) is 9.78 Å². The van der Waals surface area contributed by atoms with Crippen LogP contribution in [0.25, 0.3) is 0 Å². The van der Waals surface area contributed by atoms with Crippen LogP contribution in [-0.2, 0) is 6.42 Å². The van der Waals surface area contributed by atoms with E-state index in [2.05, 4.69) is 12.0 Å². The molecule has 80 valence electrons. The van der Waals surface area contributed by atoms with Gasteiger partial charge in [-0.1, -0.05) is 13.3 Å². The molecule has 0 radical (unpaired) electrons. The van der Waals surface area contributed by atoms with Crippen LogP contribution in [0, 0.1) is 13.8 Å². The first kappa shape index (κ1) is 13.0. The lowest BCUT2D eigenvalue weighted by Gasteiger charge is -1.98. The molecule has 14 heavy (non-hydrogen) atoms. The van der Waals surface area contributed by atoms with Crippen LogP contribution in [0.4, 0.5) is 4.79 Å². The Kier molecular flexibility index (Phi) is 4.63. The molecule has 0 unspecified atom stereocenters. The van der Waals surface area contributed by atoms with Crippen molar-refractivity contribution in [2.24, 2.45) is 0 Å². The summed E-state index contributed by atoms with van der Waals surface area (Å²) >= 11 is 0. The molecule has 5 heteroatoms.